The molecular formula is H3BCaCrO4. The first-order valence-electron chi connectivity index (χ1n) is 0.667. The first-order valence-corrected chi connectivity index (χ1v) is 2.75. The minimum absolute atomic E-state index is 0. The summed E-state index contributed by atoms with van der Waals surface area (Å²) in [5.41, 5.74) is 0. The zero-order valence-corrected chi connectivity index (χ0v) is 6.23. The van der Waals surface area contributed by atoms with Crippen LogP contribution in [0.4, 0.5) is 0 Å². The number of hydrogen-bond donors (Lipinski definition) is 0. The van der Waals surface area contributed by atoms with Gasteiger partial charge in [-0.15, -0.1) is 0 Å². The van der Waals surface area contributed by atoms with Gasteiger partial charge >= 0.3 is 67.3 Å². The van der Waals surface area contributed by atoms with Crippen molar-refractivity contribution in [3.05, 3.63) is 0 Å². The van der Waals surface area contributed by atoms with E-state index in [0.717, 1.165) is 0 Å². The fraction of sp³-hybridized carbons (Fsp3) is 0. The topological polar surface area (TPSA) is 80.3 Å². The molecule has 0 N–H and O–H groups in total. The van der Waals surface area contributed by atoms with Crippen LogP contribution < -0.4 is 8.32 Å². The predicted molar refractivity (Wildman–Crippen MR) is 17.1 cm³/mol. The molecule has 0 fully saturated rings. The maximum atomic E-state index is 8.59. The molecule has 0 spiro atoms. The molecule has 0 aliphatic carbocycles. The van der Waals surface area contributed by atoms with Crippen LogP contribution in [0.1, 0.15) is 0 Å². The summed E-state index contributed by atoms with van der Waals surface area (Å²) >= 11 is -5.75. The molecule has 0 aromatic carbocycles. The van der Waals surface area contributed by atoms with Gasteiger partial charge in [0.2, 0.25) is 0 Å². The molecule has 0 radical (unpaired) electrons. The second kappa shape index (κ2) is 5.51. The predicted octanol–water partition coefficient (Wildman–Crippen LogP) is -4.18. The zero-order chi connectivity index (χ0) is 4.50. The Hall–Kier alpha value is 1.38. The van der Waals surface area contributed by atoms with Crippen molar-refractivity contribution >= 4 is 46.2 Å². The first kappa shape index (κ1) is 15.8. The van der Waals surface area contributed by atoms with Gasteiger partial charge in [-0.3, -0.25) is 0 Å². The van der Waals surface area contributed by atoms with Gasteiger partial charge in [0, 0.05) is 0 Å². The van der Waals surface area contributed by atoms with Gasteiger partial charge in [0.25, 0.3) is 0 Å². The van der Waals surface area contributed by atoms with E-state index < -0.39 is 13.6 Å². The minimum atomic E-state index is -5.75. The van der Waals surface area contributed by atoms with Crippen molar-refractivity contribution in [3.8, 4) is 0 Å². The molecule has 7 heteroatoms. The van der Waals surface area contributed by atoms with Crippen molar-refractivity contribution in [1.82, 2.24) is 0 Å². The molecule has 0 saturated heterocycles. The van der Waals surface area contributed by atoms with E-state index in [9.17, 15) is 0 Å². The van der Waals surface area contributed by atoms with E-state index in [1.165, 1.54) is 0 Å². The molecule has 0 rings (SSSR count). The van der Waals surface area contributed by atoms with Crippen LogP contribution in [0.2, 0.25) is 0 Å². The van der Waals surface area contributed by atoms with Crippen LogP contribution in [-0.2, 0) is 21.2 Å². The van der Waals surface area contributed by atoms with E-state index in [1.807, 2.05) is 0 Å². The Morgan fingerprint density at radius 2 is 1.14 bits per heavy atom. The Morgan fingerprint density at radius 1 is 1.14 bits per heavy atom. The fourth-order valence-corrected chi connectivity index (χ4v) is 0. The number of hydrogen-bond acceptors (Lipinski definition) is 4. The van der Waals surface area contributed by atoms with E-state index in [2.05, 4.69) is 0 Å². The zero-order valence-electron chi connectivity index (χ0n) is 2.75. The second-order valence-corrected chi connectivity index (χ2v) is 1.68. The summed E-state index contributed by atoms with van der Waals surface area (Å²) in [6.07, 6.45) is 0. The van der Waals surface area contributed by atoms with E-state index in [0.29, 0.717) is 0 Å². The average molecular weight is 170 g/mol. The molecule has 0 aromatic rings. The molecule has 0 atom stereocenters. The van der Waals surface area contributed by atoms with Crippen LogP contribution in [-0.4, -0.2) is 46.2 Å². The molecule has 38 valence electrons. The van der Waals surface area contributed by atoms with Gasteiger partial charge in [-0.1, -0.05) is 0 Å². The van der Waals surface area contributed by atoms with Gasteiger partial charge < -0.3 is 0 Å². The van der Waals surface area contributed by atoms with Crippen LogP contribution in [0.5, 0.6) is 0 Å². The maximum absolute atomic E-state index is 8.59. The van der Waals surface area contributed by atoms with Gasteiger partial charge in [-0.05, 0) is 0 Å². The molecule has 0 aromatic heterocycles. The molecule has 0 aliphatic rings. The van der Waals surface area contributed by atoms with Gasteiger partial charge in [0.05, 0.1) is 8.41 Å². The van der Waals surface area contributed by atoms with Crippen molar-refractivity contribution < 1.29 is 29.5 Å². The summed E-state index contributed by atoms with van der Waals surface area (Å²) < 4.78 is 34.4. The van der Waals surface area contributed by atoms with Crippen molar-refractivity contribution in [2.45, 2.75) is 0 Å². The monoisotopic (exact) mass is 170 g/mol. The molecule has 0 amide bonds. The summed E-state index contributed by atoms with van der Waals surface area (Å²) in [4.78, 5) is 0. The molecule has 0 bridgehead atoms. The Kier molecular flexibility index (Phi) is 12.4. The van der Waals surface area contributed by atoms with E-state index in [-0.39, 0.29) is 46.2 Å². The first-order chi connectivity index (χ1) is 2.00. The molecule has 4 nitrogen and oxygen atoms in total. The standard InChI is InChI=1S/BH3.Ca.Cr.4O/h1H3;;;;;;/q;+2;;;;2*-1. The Morgan fingerprint density at radius 3 is 1.14 bits per heavy atom. The van der Waals surface area contributed by atoms with Crippen molar-refractivity contribution in [3.63, 3.8) is 0 Å². The van der Waals surface area contributed by atoms with Gasteiger partial charge in [-0.2, -0.15) is 0 Å². The van der Waals surface area contributed by atoms with Crippen LogP contribution >= 0.6 is 0 Å². The third-order valence-corrected chi connectivity index (χ3v) is 0. The number of rotatable bonds is 0. The van der Waals surface area contributed by atoms with Crippen LogP contribution in [0, 0.1) is 0 Å². The van der Waals surface area contributed by atoms with E-state index in [1.54, 1.807) is 0 Å². The quantitative estimate of drug-likeness (QED) is 0.345. The van der Waals surface area contributed by atoms with E-state index in [4.69, 9.17) is 15.9 Å². The van der Waals surface area contributed by atoms with Gasteiger partial charge in [0.15, 0.2) is 0 Å². The van der Waals surface area contributed by atoms with Gasteiger partial charge in [-0.25, -0.2) is 0 Å². The summed E-state index contributed by atoms with van der Waals surface area (Å²) in [6.45, 7) is 0. The van der Waals surface area contributed by atoms with E-state index >= 15 is 0 Å². The summed E-state index contributed by atoms with van der Waals surface area (Å²) in [6, 6.07) is 0. The van der Waals surface area contributed by atoms with Crippen molar-refractivity contribution in [2.75, 3.05) is 0 Å². The molecule has 0 heterocycles. The summed E-state index contributed by atoms with van der Waals surface area (Å²) in [5, 5.41) is 0. The molecule has 0 saturated carbocycles. The van der Waals surface area contributed by atoms with Crippen LogP contribution in [0.15, 0.2) is 0 Å². The Bertz CT molecular complexity index is 94.9. The summed E-state index contributed by atoms with van der Waals surface area (Å²) in [5.74, 6) is 0. The third-order valence-electron chi connectivity index (χ3n) is 0. The second-order valence-electron chi connectivity index (χ2n) is 0.408. The molecule has 7 heavy (non-hydrogen) atoms. The normalized spacial score (nSPS) is 8.29. The molecule has 0 aliphatic heterocycles. The van der Waals surface area contributed by atoms with Crippen LogP contribution in [0.25, 0.3) is 0 Å². The molecule has 0 unspecified atom stereocenters. The van der Waals surface area contributed by atoms with Crippen molar-refractivity contribution in [1.29, 1.82) is 0 Å². The Balaban J connectivity index is -0.0000000800. The van der Waals surface area contributed by atoms with Gasteiger partial charge in [0.1, 0.15) is 0 Å². The van der Waals surface area contributed by atoms with Crippen LogP contribution in [0.3, 0.4) is 0 Å². The van der Waals surface area contributed by atoms with Crippen molar-refractivity contribution in [2.24, 2.45) is 0 Å². The molecular weight excluding hydrogens is 167 g/mol. The SMILES string of the molecule is B.[Ca+2].[O]=[Cr](=[O])([O-])[O-]. The Labute approximate surface area is 74.9 Å². The third kappa shape index (κ3) is 112. The fourth-order valence-electron chi connectivity index (χ4n) is 0. The summed E-state index contributed by atoms with van der Waals surface area (Å²) in [7, 11) is 0. The average Bonchev–Trinajstić information content (AvgIpc) is 0.722.